The van der Waals surface area contributed by atoms with Gasteiger partial charge in [-0.25, -0.2) is 0 Å². The molecule has 1 aromatic rings. The summed E-state index contributed by atoms with van der Waals surface area (Å²) in [5, 5.41) is 0. The third-order valence-corrected chi connectivity index (χ3v) is 2.66. The second kappa shape index (κ2) is 3.91. The highest BCUT2D eigenvalue weighted by Gasteiger charge is 2.14. The zero-order chi connectivity index (χ0) is 9.97. The van der Waals surface area contributed by atoms with Crippen molar-refractivity contribution in [2.75, 3.05) is 25.1 Å². The molecule has 0 unspecified atom stereocenters. The fourth-order valence-corrected chi connectivity index (χ4v) is 1.85. The van der Waals surface area contributed by atoms with Gasteiger partial charge in [-0.15, -0.1) is 0 Å². The summed E-state index contributed by atoms with van der Waals surface area (Å²) in [6.45, 7) is 3.99. The Morgan fingerprint density at radius 3 is 3.07 bits per heavy atom. The van der Waals surface area contributed by atoms with E-state index >= 15 is 0 Å². The van der Waals surface area contributed by atoms with Crippen LogP contribution in [0.15, 0.2) is 18.2 Å². The van der Waals surface area contributed by atoms with Gasteiger partial charge >= 0.3 is 0 Å². The van der Waals surface area contributed by atoms with Gasteiger partial charge in [-0.05, 0) is 24.1 Å². The Kier molecular flexibility index (Phi) is 2.62. The lowest BCUT2D eigenvalue weighted by atomic mass is 10.1. The number of fused-ring (bicyclic) bond motifs is 1. The van der Waals surface area contributed by atoms with Crippen LogP contribution in [0.1, 0.15) is 18.9 Å². The smallest absolute Gasteiger partial charge is 0.142 e. The van der Waals surface area contributed by atoms with Gasteiger partial charge in [-0.1, -0.05) is 19.4 Å². The van der Waals surface area contributed by atoms with Crippen molar-refractivity contribution in [1.82, 2.24) is 0 Å². The number of anilines is 1. The van der Waals surface area contributed by atoms with E-state index in [1.165, 1.54) is 17.7 Å². The highest BCUT2D eigenvalue weighted by atomic mass is 16.5. The van der Waals surface area contributed by atoms with Crippen molar-refractivity contribution >= 4 is 5.69 Å². The molecule has 1 aromatic carbocycles. The van der Waals surface area contributed by atoms with Gasteiger partial charge in [-0.2, -0.15) is 0 Å². The van der Waals surface area contributed by atoms with Gasteiger partial charge in [0.05, 0.1) is 12.2 Å². The Morgan fingerprint density at radius 1 is 1.43 bits per heavy atom. The van der Waals surface area contributed by atoms with Gasteiger partial charge < -0.3 is 9.64 Å². The fraction of sp³-hybridized carbons (Fsp3) is 0.500. The summed E-state index contributed by atoms with van der Waals surface area (Å²) in [6.07, 6.45) is 2.33. The van der Waals surface area contributed by atoms with Crippen LogP contribution >= 0.6 is 0 Å². The van der Waals surface area contributed by atoms with Crippen LogP contribution in [0.3, 0.4) is 0 Å². The van der Waals surface area contributed by atoms with E-state index in [9.17, 15) is 0 Å². The van der Waals surface area contributed by atoms with Crippen molar-refractivity contribution in [3.63, 3.8) is 0 Å². The van der Waals surface area contributed by atoms with Crippen molar-refractivity contribution in [3.05, 3.63) is 23.8 Å². The van der Waals surface area contributed by atoms with E-state index in [-0.39, 0.29) is 0 Å². The highest BCUT2D eigenvalue weighted by molar-refractivity contribution is 5.60. The van der Waals surface area contributed by atoms with Crippen LogP contribution < -0.4 is 9.64 Å². The molecule has 0 atom stereocenters. The van der Waals surface area contributed by atoms with E-state index in [2.05, 4.69) is 37.1 Å². The average Bonchev–Trinajstić information content (AvgIpc) is 2.18. The number of nitrogens with zero attached hydrogens (tertiary/aromatic N) is 1. The number of ether oxygens (including phenoxy) is 1. The summed E-state index contributed by atoms with van der Waals surface area (Å²) in [4.78, 5) is 2.24. The summed E-state index contributed by atoms with van der Waals surface area (Å²) in [7, 11) is 2.11. The Labute approximate surface area is 85.5 Å². The number of rotatable bonds is 2. The largest absolute Gasteiger partial charge is 0.490 e. The van der Waals surface area contributed by atoms with Gasteiger partial charge in [0, 0.05) is 7.05 Å². The molecule has 1 heterocycles. The van der Waals surface area contributed by atoms with Crippen LogP contribution in [0.2, 0.25) is 0 Å². The quantitative estimate of drug-likeness (QED) is 0.712. The third kappa shape index (κ3) is 1.69. The van der Waals surface area contributed by atoms with Crippen LogP contribution in [0.25, 0.3) is 0 Å². The van der Waals surface area contributed by atoms with Gasteiger partial charge in [0.25, 0.3) is 0 Å². The van der Waals surface area contributed by atoms with Crippen molar-refractivity contribution in [3.8, 4) is 5.75 Å². The molecule has 14 heavy (non-hydrogen) atoms. The van der Waals surface area contributed by atoms with Gasteiger partial charge in [0.1, 0.15) is 12.4 Å². The lowest BCUT2D eigenvalue weighted by Crippen LogP contribution is -2.28. The molecule has 2 rings (SSSR count). The molecular formula is C12H17NO. The zero-order valence-electron chi connectivity index (χ0n) is 8.92. The molecule has 0 amide bonds. The molecular weight excluding hydrogens is 174 g/mol. The first-order valence-corrected chi connectivity index (χ1v) is 5.28. The maximum atomic E-state index is 5.64. The van der Waals surface area contributed by atoms with Crippen LogP contribution in [-0.2, 0) is 6.42 Å². The van der Waals surface area contributed by atoms with Gasteiger partial charge in [0.2, 0.25) is 0 Å². The van der Waals surface area contributed by atoms with Crippen LogP contribution in [0.5, 0.6) is 5.75 Å². The van der Waals surface area contributed by atoms with Crippen LogP contribution in [0.4, 0.5) is 5.69 Å². The van der Waals surface area contributed by atoms with E-state index < -0.39 is 0 Å². The normalized spacial score (nSPS) is 14.9. The molecule has 1 aliphatic heterocycles. The first-order chi connectivity index (χ1) is 6.81. The van der Waals surface area contributed by atoms with Crippen molar-refractivity contribution in [1.29, 1.82) is 0 Å². The SMILES string of the molecule is CCCc1ccc2c(c1)OCCN2C. The van der Waals surface area contributed by atoms with E-state index in [0.717, 1.165) is 25.3 Å². The average molecular weight is 191 g/mol. The van der Waals surface area contributed by atoms with Crippen LogP contribution in [-0.4, -0.2) is 20.2 Å². The van der Waals surface area contributed by atoms with Crippen molar-refractivity contribution < 1.29 is 4.74 Å². The summed E-state index contributed by atoms with van der Waals surface area (Å²) in [5.41, 5.74) is 2.60. The monoisotopic (exact) mass is 191 g/mol. The Balaban J connectivity index is 2.29. The number of aryl methyl sites for hydroxylation is 1. The predicted molar refractivity (Wildman–Crippen MR) is 59.2 cm³/mol. The van der Waals surface area contributed by atoms with Gasteiger partial charge in [0.15, 0.2) is 0 Å². The van der Waals surface area contributed by atoms with E-state index in [4.69, 9.17) is 4.74 Å². The minimum absolute atomic E-state index is 0.805. The summed E-state index contributed by atoms with van der Waals surface area (Å²) < 4.78 is 5.64. The molecule has 0 N–H and O–H groups in total. The minimum atomic E-state index is 0.805. The van der Waals surface area contributed by atoms with Gasteiger partial charge in [-0.3, -0.25) is 0 Å². The molecule has 0 radical (unpaired) electrons. The molecule has 0 saturated carbocycles. The lowest BCUT2D eigenvalue weighted by Gasteiger charge is -2.27. The summed E-state index contributed by atoms with van der Waals surface area (Å²) >= 11 is 0. The second-order valence-corrected chi connectivity index (χ2v) is 3.82. The molecule has 2 heteroatoms. The zero-order valence-corrected chi connectivity index (χ0v) is 8.92. The maximum absolute atomic E-state index is 5.64. The number of hydrogen-bond donors (Lipinski definition) is 0. The lowest BCUT2D eigenvalue weighted by molar-refractivity contribution is 0.311. The van der Waals surface area contributed by atoms with Crippen molar-refractivity contribution in [2.45, 2.75) is 19.8 Å². The minimum Gasteiger partial charge on any atom is -0.490 e. The molecule has 0 bridgehead atoms. The Bertz CT molecular complexity index is 322. The second-order valence-electron chi connectivity index (χ2n) is 3.82. The summed E-state index contributed by atoms with van der Waals surface area (Å²) in [5.74, 6) is 1.05. The highest BCUT2D eigenvalue weighted by Crippen LogP contribution is 2.31. The Hall–Kier alpha value is -1.18. The molecule has 0 aliphatic carbocycles. The van der Waals surface area contributed by atoms with E-state index in [1.807, 2.05) is 0 Å². The fourth-order valence-electron chi connectivity index (χ4n) is 1.85. The van der Waals surface area contributed by atoms with Crippen molar-refractivity contribution in [2.24, 2.45) is 0 Å². The predicted octanol–water partition coefficient (Wildman–Crippen LogP) is 2.47. The number of likely N-dealkylation sites (N-methyl/N-ethyl adjacent to an activating group) is 1. The topological polar surface area (TPSA) is 12.5 Å². The van der Waals surface area contributed by atoms with E-state index in [1.54, 1.807) is 0 Å². The number of hydrogen-bond acceptors (Lipinski definition) is 2. The first-order valence-electron chi connectivity index (χ1n) is 5.28. The maximum Gasteiger partial charge on any atom is 0.142 e. The number of benzene rings is 1. The molecule has 76 valence electrons. The molecule has 1 aliphatic rings. The summed E-state index contributed by atoms with van der Waals surface area (Å²) in [6, 6.07) is 6.54. The Morgan fingerprint density at radius 2 is 2.29 bits per heavy atom. The standard InChI is InChI=1S/C12H17NO/c1-3-4-10-5-6-11-12(9-10)14-8-7-13(11)2/h5-6,9H,3-4,7-8H2,1-2H3. The first kappa shape index (κ1) is 9.38. The van der Waals surface area contributed by atoms with Crippen LogP contribution in [0, 0.1) is 0 Å². The molecule has 0 aromatic heterocycles. The molecule has 0 fully saturated rings. The van der Waals surface area contributed by atoms with E-state index in [0.29, 0.717) is 0 Å². The third-order valence-electron chi connectivity index (χ3n) is 2.66. The molecule has 0 spiro atoms. The molecule has 2 nitrogen and oxygen atoms in total. The molecule has 0 saturated heterocycles.